The Kier molecular flexibility index (Phi) is 4.30. The Hall–Kier alpha value is -1.56. The fourth-order valence-electron chi connectivity index (χ4n) is 1.20. The van der Waals surface area contributed by atoms with Crippen LogP contribution in [0.5, 0.6) is 0 Å². The number of furan rings is 1. The van der Waals surface area contributed by atoms with Crippen molar-refractivity contribution >= 4 is 23.4 Å². The topological polar surface area (TPSA) is 76.6 Å². The van der Waals surface area contributed by atoms with Crippen LogP contribution in [0.4, 0.5) is 5.88 Å². The van der Waals surface area contributed by atoms with E-state index < -0.39 is 16.7 Å². The predicted octanol–water partition coefficient (Wildman–Crippen LogP) is 1.89. The summed E-state index contributed by atoms with van der Waals surface area (Å²) in [7, 11) is 0. The Bertz CT molecular complexity index is 391. The SMILES string of the molecule is CCN(CCCl)C(=O)c1ccc([N+](=O)[O-])o1. The molecule has 0 radical (unpaired) electrons. The van der Waals surface area contributed by atoms with Crippen molar-refractivity contribution in [3.8, 4) is 0 Å². The van der Waals surface area contributed by atoms with E-state index in [0.717, 1.165) is 6.07 Å². The molecule has 1 heterocycles. The van der Waals surface area contributed by atoms with E-state index in [0.29, 0.717) is 19.0 Å². The van der Waals surface area contributed by atoms with Crippen molar-refractivity contribution in [3.05, 3.63) is 28.0 Å². The molecule has 0 aromatic carbocycles. The molecular formula is C9H11ClN2O4. The summed E-state index contributed by atoms with van der Waals surface area (Å²) in [5.74, 6) is -0.567. The number of halogens is 1. The highest BCUT2D eigenvalue weighted by Crippen LogP contribution is 2.17. The number of hydrogen-bond donors (Lipinski definition) is 0. The van der Waals surface area contributed by atoms with Gasteiger partial charge in [-0.3, -0.25) is 14.9 Å². The Labute approximate surface area is 96.9 Å². The summed E-state index contributed by atoms with van der Waals surface area (Å²) < 4.78 is 4.80. The van der Waals surface area contributed by atoms with Gasteiger partial charge in [0.2, 0.25) is 0 Å². The molecule has 88 valence electrons. The second-order valence-electron chi connectivity index (χ2n) is 2.97. The number of nitrogens with zero attached hydrogens (tertiary/aromatic N) is 2. The number of alkyl halides is 1. The van der Waals surface area contributed by atoms with E-state index in [2.05, 4.69) is 0 Å². The lowest BCUT2D eigenvalue weighted by molar-refractivity contribution is -0.402. The van der Waals surface area contributed by atoms with Gasteiger partial charge < -0.3 is 9.32 Å². The average Bonchev–Trinajstić information content (AvgIpc) is 2.74. The molecule has 0 N–H and O–H groups in total. The minimum Gasteiger partial charge on any atom is -0.395 e. The zero-order chi connectivity index (χ0) is 12.1. The monoisotopic (exact) mass is 246 g/mol. The molecule has 1 amide bonds. The lowest BCUT2D eigenvalue weighted by Crippen LogP contribution is -2.32. The molecule has 0 atom stereocenters. The van der Waals surface area contributed by atoms with Crippen molar-refractivity contribution in [1.82, 2.24) is 4.90 Å². The van der Waals surface area contributed by atoms with Gasteiger partial charge >= 0.3 is 5.88 Å². The van der Waals surface area contributed by atoms with Crippen LogP contribution in [-0.2, 0) is 0 Å². The Balaban J connectivity index is 2.82. The lowest BCUT2D eigenvalue weighted by Gasteiger charge is -2.17. The molecule has 0 aliphatic heterocycles. The standard InChI is InChI=1S/C9H11ClN2O4/c1-2-11(6-5-10)9(13)7-3-4-8(16-7)12(14)15/h3-4H,2,5-6H2,1H3. The summed E-state index contributed by atoms with van der Waals surface area (Å²) in [5.41, 5.74) is 0. The van der Waals surface area contributed by atoms with Crippen LogP contribution in [0.25, 0.3) is 0 Å². The van der Waals surface area contributed by atoms with Crippen molar-refractivity contribution in [2.24, 2.45) is 0 Å². The summed E-state index contributed by atoms with van der Waals surface area (Å²) in [4.78, 5) is 22.9. The van der Waals surface area contributed by atoms with Crippen molar-refractivity contribution in [3.63, 3.8) is 0 Å². The third kappa shape index (κ3) is 2.73. The maximum atomic E-state index is 11.8. The van der Waals surface area contributed by atoms with Crippen molar-refractivity contribution in [2.45, 2.75) is 6.92 Å². The lowest BCUT2D eigenvalue weighted by atomic mass is 10.3. The minimum absolute atomic E-state index is 0.0429. The first-order valence-electron chi connectivity index (χ1n) is 4.69. The van der Waals surface area contributed by atoms with E-state index in [4.69, 9.17) is 16.0 Å². The van der Waals surface area contributed by atoms with Gasteiger partial charge in [0, 0.05) is 19.0 Å². The maximum absolute atomic E-state index is 11.8. The van der Waals surface area contributed by atoms with E-state index >= 15 is 0 Å². The predicted molar refractivity (Wildman–Crippen MR) is 57.7 cm³/mol. The summed E-state index contributed by atoms with van der Waals surface area (Å²) in [6.07, 6.45) is 0. The molecule has 1 aromatic heterocycles. The van der Waals surface area contributed by atoms with Crippen LogP contribution in [-0.4, -0.2) is 34.7 Å². The third-order valence-electron chi connectivity index (χ3n) is 2.01. The maximum Gasteiger partial charge on any atom is 0.433 e. The highest BCUT2D eigenvalue weighted by Gasteiger charge is 2.20. The van der Waals surface area contributed by atoms with Crippen LogP contribution < -0.4 is 0 Å². The average molecular weight is 247 g/mol. The van der Waals surface area contributed by atoms with Gasteiger partial charge in [-0.25, -0.2) is 0 Å². The Morgan fingerprint density at radius 1 is 1.62 bits per heavy atom. The Morgan fingerprint density at radius 3 is 2.75 bits per heavy atom. The third-order valence-corrected chi connectivity index (χ3v) is 2.17. The Morgan fingerprint density at radius 2 is 2.31 bits per heavy atom. The highest BCUT2D eigenvalue weighted by molar-refractivity contribution is 6.18. The molecular weight excluding hydrogens is 236 g/mol. The number of rotatable bonds is 5. The molecule has 1 aromatic rings. The fourth-order valence-corrected chi connectivity index (χ4v) is 1.41. The molecule has 6 nitrogen and oxygen atoms in total. The van der Waals surface area contributed by atoms with Crippen LogP contribution in [0, 0.1) is 10.1 Å². The van der Waals surface area contributed by atoms with Gasteiger partial charge in [0.05, 0.1) is 6.07 Å². The minimum atomic E-state index is -0.686. The smallest absolute Gasteiger partial charge is 0.395 e. The van der Waals surface area contributed by atoms with Gasteiger partial charge in [-0.15, -0.1) is 11.6 Å². The van der Waals surface area contributed by atoms with Gasteiger partial charge in [0.25, 0.3) is 5.91 Å². The summed E-state index contributed by atoms with van der Waals surface area (Å²) in [6, 6.07) is 2.44. The summed E-state index contributed by atoms with van der Waals surface area (Å²) in [5, 5.41) is 10.4. The number of carbonyl (C=O) groups excluding carboxylic acids is 1. The zero-order valence-corrected chi connectivity index (χ0v) is 9.44. The van der Waals surface area contributed by atoms with E-state index in [1.165, 1.54) is 11.0 Å². The number of nitro groups is 1. The van der Waals surface area contributed by atoms with Crippen molar-refractivity contribution in [2.75, 3.05) is 19.0 Å². The molecule has 0 spiro atoms. The van der Waals surface area contributed by atoms with E-state index in [1.807, 2.05) is 0 Å². The molecule has 0 aliphatic rings. The molecule has 0 aliphatic carbocycles. The largest absolute Gasteiger partial charge is 0.433 e. The van der Waals surface area contributed by atoms with Gasteiger partial charge in [-0.2, -0.15) is 0 Å². The summed E-state index contributed by atoms with van der Waals surface area (Å²) in [6.45, 7) is 2.65. The van der Waals surface area contributed by atoms with Gasteiger partial charge in [0.15, 0.2) is 5.76 Å². The molecule has 0 saturated carbocycles. The molecule has 0 fully saturated rings. The first-order chi connectivity index (χ1) is 7.60. The first kappa shape index (κ1) is 12.5. The van der Waals surface area contributed by atoms with Crippen molar-refractivity contribution in [1.29, 1.82) is 0 Å². The van der Waals surface area contributed by atoms with Crippen LogP contribution in [0.2, 0.25) is 0 Å². The van der Waals surface area contributed by atoms with Crippen LogP contribution in [0.1, 0.15) is 17.5 Å². The van der Waals surface area contributed by atoms with Gasteiger partial charge in [-0.05, 0) is 13.0 Å². The van der Waals surface area contributed by atoms with Gasteiger partial charge in [-0.1, -0.05) is 0 Å². The summed E-state index contributed by atoms with van der Waals surface area (Å²) >= 11 is 5.53. The van der Waals surface area contributed by atoms with E-state index in [-0.39, 0.29) is 5.76 Å². The number of amides is 1. The molecule has 16 heavy (non-hydrogen) atoms. The molecule has 1 rings (SSSR count). The van der Waals surface area contributed by atoms with Crippen LogP contribution in [0.3, 0.4) is 0 Å². The number of carbonyl (C=O) groups is 1. The number of hydrogen-bond acceptors (Lipinski definition) is 4. The zero-order valence-electron chi connectivity index (χ0n) is 8.68. The molecule has 0 saturated heterocycles. The highest BCUT2D eigenvalue weighted by atomic mass is 35.5. The van der Waals surface area contributed by atoms with E-state index in [1.54, 1.807) is 6.92 Å². The van der Waals surface area contributed by atoms with Crippen LogP contribution >= 0.6 is 11.6 Å². The fraction of sp³-hybridized carbons (Fsp3) is 0.444. The quantitative estimate of drug-likeness (QED) is 0.452. The molecule has 0 bridgehead atoms. The first-order valence-corrected chi connectivity index (χ1v) is 5.23. The molecule has 7 heteroatoms. The van der Waals surface area contributed by atoms with Gasteiger partial charge in [0.1, 0.15) is 4.92 Å². The second kappa shape index (κ2) is 5.50. The van der Waals surface area contributed by atoms with Crippen LogP contribution in [0.15, 0.2) is 16.5 Å². The van der Waals surface area contributed by atoms with E-state index in [9.17, 15) is 14.9 Å². The molecule has 0 unspecified atom stereocenters. The normalized spacial score (nSPS) is 10.1. The second-order valence-corrected chi connectivity index (χ2v) is 3.35. The van der Waals surface area contributed by atoms with Crippen molar-refractivity contribution < 1.29 is 14.1 Å².